The van der Waals surface area contributed by atoms with E-state index in [-0.39, 0.29) is 11.7 Å². The van der Waals surface area contributed by atoms with Crippen LogP contribution < -0.4 is 15.8 Å². The third kappa shape index (κ3) is 3.08. The number of methoxy groups -OCH3 is 1. The Labute approximate surface area is 121 Å². The molecule has 0 aliphatic carbocycles. The molecule has 0 bridgehead atoms. The number of anilines is 1. The molecule has 0 spiro atoms. The van der Waals surface area contributed by atoms with Crippen molar-refractivity contribution >= 4 is 17.4 Å². The zero-order valence-corrected chi connectivity index (χ0v) is 11.3. The normalized spacial score (nSPS) is 11.0. The Balaban J connectivity index is 2.41. The van der Waals surface area contributed by atoms with Crippen molar-refractivity contribution in [2.75, 3.05) is 12.4 Å². The van der Waals surface area contributed by atoms with Crippen LogP contribution in [0.5, 0.6) is 5.75 Å². The lowest BCUT2D eigenvalue weighted by atomic mass is 10.1. The van der Waals surface area contributed by atoms with Crippen molar-refractivity contribution in [3.63, 3.8) is 0 Å². The Hall–Kier alpha value is -3.09. The van der Waals surface area contributed by atoms with Crippen molar-refractivity contribution in [3.05, 3.63) is 53.9 Å². The molecule has 0 radical (unpaired) electrons. The van der Waals surface area contributed by atoms with Gasteiger partial charge in [0.2, 0.25) is 0 Å². The number of amides is 1. The van der Waals surface area contributed by atoms with E-state index in [2.05, 4.69) is 15.5 Å². The smallest absolute Gasteiger partial charge is 0.257 e. The van der Waals surface area contributed by atoms with Gasteiger partial charge in [-0.25, -0.2) is 0 Å². The molecule has 0 saturated heterocycles. The van der Waals surface area contributed by atoms with Gasteiger partial charge in [-0.2, -0.15) is 0 Å². The van der Waals surface area contributed by atoms with Crippen molar-refractivity contribution in [2.24, 2.45) is 10.9 Å². The Morgan fingerprint density at radius 3 is 2.81 bits per heavy atom. The fourth-order valence-electron chi connectivity index (χ4n) is 1.78. The van der Waals surface area contributed by atoms with Gasteiger partial charge in [0.1, 0.15) is 5.75 Å². The number of hydrogen-bond acceptors (Lipinski definition) is 5. The molecule has 0 unspecified atom stereocenters. The highest BCUT2D eigenvalue weighted by atomic mass is 16.5. The van der Waals surface area contributed by atoms with Crippen LogP contribution in [0.4, 0.5) is 5.69 Å². The van der Waals surface area contributed by atoms with E-state index in [4.69, 9.17) is 15.7 Å². The molecule has 0 saturated carbocycles. The summed E-state index contributed by atoms with van der Waals surface area (Å²) in [5.74, 6) is -0.105. The number of aromatic nitrogens is 1. The largest absolute Gasteiger partial charge is 0.495 e. The molecule has 108 valence electrons. The molecule has 0 fully saturated rings. The highest BCUT2D eigenvalue weighted by Gasteiger charge is 2.16. The molecule has 1 amide bonds. The van der Waals surface area contributed by atoms with Gasteiger partial charge in [0.25, 0.3) is 5.91 Å². The van der Waals surface area contributed by atoms with E-state index >= 15 is 0 Å². The Morgan fingerprint density at radius 2 is 2.19 bits per heavy atom. The lowest BCUT2D eigenvalue weighted by Crippen LogP contribution is -2.20. The van der Waals surface area contributed by atoms with Crippen molar-refractivity contribution in [1.82, 2.24) is 4.98 Å². The topological polar surface area (TPSA) is 110 Å². The molecule has 0 aliphatic heterocycles. The van der Waals surface area contributed by atoms with Crippen molar-refractivity contribution in [2.45, 2.75) is 0 Å². The van der Waals surface area contributed by atoms with Crippen molar-refractivity contribution in [3.8, 4) is 5.75 Å². The fourth-order valence-corrected chi connectivity index (χ4v) is 1.78. The number of hydrogen-bond donors (Lipinski definition) is 3. The molecular formula is C14H14N4O3. The summed E-state index contributed by atoms with van der Waals surface area (Å²) >= 11 is 0. The monoisotopic (exact) mass is 286 g/mol. The number of para-hydroxylation sites is 1. The first kappa shape index (κ1) is 14.3. The number of nitrogens with two attached hydrogens (primary N) is 1. The van der Waals surface area contributed by atoms with Crippen LogP contribution in [-0.4, -0.2) is 29.0 Å². The van der Waals surface area contributed by atoms with Gasteiger partial charge in [-0.15, -0.1) is 0 Å². The first-order valence-corrected chi connectivity index (χ1v) is 6.03. The van der Waals surface area contributed by atoms with Crippen LogP contribution in [0.25, 0.3) is 0 Å². The summed E-state index contributed by atoms with van der Waals surface area (Å²) in [5.41, 5.74) is 6.68. The second-order valence-corrected chi connectivity index (χ2v) is 4.06. The number of benzene rings is 1. The molecule has 0 atom stereocenters. The fraction of sp³-hybridized carbons (Fsp3) is 0.0714. The Kier molecular flexibility index (Phi) is 4.35. The average molecular weight is 286 g/mol. The average Bonchev–Trinajstić information content (AvgIpc) is 2.55. The number of carbonyl (C=O) groups is 1. The van der Waals surface area contributed by atoms with E-state index in [9.17, 15) is 4.79 Å². The molecule has 21 heavy (non-hydrogen) atoms. The minimum absolute atomic E-state index is 0.129. The zero-order chi connectivity index (χ0) is 15.2. The summed E-state index contributed by atoms with van der Waals surface area (Å²) in [5, 5.41) is 14.5. The van der Waals surface area contributed by atoms with Gasteiger partial charge in [-0.3, -0.25) is 9.78 Å². The predicted octanol–water partition coefficient (Wildman–Crippen LogP) is 1.44. The molecule has 0 aliphatic rings. The number of nitrogens with one attached hydrogen (secondary N) is 1. The number of oxime groups is 1. The van der Waals surface area contributed by atoms with E-state index in [1.54, 1.807) is 36.5 Å². The SMILES string of the molecule is COc1cccc(/C(N)=N/O)c1NC(=O)c1cccnc1. The molecule has 2 aromatic rings. The number of amidine groups is 1. The number of nitrogens with zero attached hydrogens (tertiary/aromatic N) is 2. The summed E-state index contributed by atoms with van der Waals surface area (Å²) in [6.07, 6.45) is 3.01. The number of carbonyl (C=O) groups excluding carboxylic acids is 1. The van der Waals surface area contributed by atoms with Gasteiger partial charge in [0, 0.05) is 18.0 Å². The standard InChI is InChI=1S/C14H14N4O3/c1-21-11-6-2-5-10(13(15)18-20)12(11)17-14(19)9-4-3-7-16-8-9/h2-8,20H,1H3,(H2,15,18)(H,17,19). The minimum Gasteiger partial charge on any atom is -0.495 e. The van der Waals surface area contributed by atoms with Crippen molar-refractivity contribution < 1.29 is 14.7 Å². The molecule has 2 rings (SSSR count). The number of rotatable bonds is 4. The van der Waals surface area contributed by atoms with Crippen LogP contribution in [0.15, 0.2) is 47.9 Å². The van der Waals surface area contributed by atoms with E-state index in [0.29, 0.717) is 22.6 Å². The van der Waals surface area contributed by atoms with Crippen LogP contribution in [-0.2, 0) is 0 Å². The lowest BCUT2D eigenvalue weighted by molar-refractivity contribution is 0.102. The molecule has 1 heterocycles. The highest BCUT2D eigenvalue weighted by molar-refractivity contribution is 6.10. The maximum Gasteiger partial charge on any atom is 0.257 e. The summed E-state index contributed by atoms with van der Waals surface area (Å²) in [7, 11) is 1.46. The molecule has 1 aromatic carbocycles. The predicted molar refractivity (Wildman–Crippen MR) is 77.7 cm³/mol. The summed E-state index contributed by atoms with van der Waals surface area (Å²) < 4.78 is 5.19. The maximum atomic E-state index is 12.2. The summed E-state index contributed by atoms with van der Waals surface area (Å²) in [4.78, 5) is 16.1. The maximum absolute atomic E-state index is 12.2. The van der Waals surface area contributed by atoms with E-state index in [1.807, 2.05) is 0 Å². The first-order chi connectivity index (χ1) is 10.2. The summed E-state index contributed by atoms with van der Waals surface area (Å²) in [6.45, 7) is 0. The van der Waals surface area contributed by atoms with E-state index in [1.165, 1.54) is 13.3 Å². The van der Waals surface area contributed by atoms with Gasteiger partial charge in [0.15, 0.2) is 5.84 Å². The molecule has 4 N–H and O–H groups in total. The lowest BCUT2D eigenvalue weighted by Gasteiger charge is -2.14. The minimum atomic E-state index is -0.375. The highest BCUT2D eigenvalue weighted by Crippen LogP contribution is 2.28. The van der Waals surface area contributed by atoms with Crippen molar-refractivity contribution in [1.29, 1.82) is 0 Å². The first-order valence-electron chi connectivity index (χ1n) is 6.03. The Bertz CT molecular complexity index is 671. The quantitative estimate of drug-likeness (QED) is 0.341. The van der Waals surface area contributed by atoms with Gasteiger partial charge in [-0.05, 0) is 24.3 Å². The molecular weight excluding hydrogens is 272 g/mol. The van der Waals surface area contributed by atoms with Crippen LogP contribution in [0, 0.1) is 0 Å². The van der Waals surface area contributed by atoms with E-state index in [0.717, 1.165) is 0 Å². The zero-order valence-electron chi connectivity index (χ0n) is 11.3. The second kappa shape index (κ2) is 6.38. The third-order valence-electron chi connectivity index (χ3n) is 2.79. The number of pyridine rings is 1. The van der Waals surface area contributed by atoms with Gasteiger partial charge in [0.05, 0.1) is 18.4 Å². The Morgan fingerprint density at radius 1 is 1.38 bits per heavy atom. The van der Waals surface area contributed by atoms with Gasteiger partial charge in [-0.1, -0.05) is 11.2 Å². The molecule has 7 nitrogen and oxygen atoms in total. The van der Waals surface area contributed by atoms with Crippen LogP contribution >= 0.6 is 0 Å². The van der Waals surface area contributed by atoms with Gasteiger partial charge >= 0.3 is 0 Å². The van der Waals surface area contributed by atoms with Crippen LogP contribution in [0.2, 0.25) is 0 Å². The van der Waals surface area contributed by atoms with E-state index < -0.39 is 0 Å². The molecule has 1 aromatic heterocycles. The molecule has 7 heteroatoms. The third-order valence-corrected chi connectivity index (χ3v) is 2.79. The van der Waals surface area contributed by atoms with Crippen LogP contribution in [0.1, 0.15) is 15.9 Å². The van der Waals surface area contributed by atoms with Crippen LogP contribution in [0.3, 0.4) is 0 Å². The summed E-state index contributed by atoms with van der Waals surface area (Å²) in [6, 6.07) is 8.22. The second-order valence-electron chi connectivity index (χ2n) is 4.06. The number of ether oxygens (including phenoxy) is 1. The van der Waals surface area contributed by atoms with Gasteiger partial charge < -0.3 is 21.0 Å².